The summed E-state index contributed by atoms with van der Waals surface area (Å²) in [6, 6.07) is 8.72. The van der Waals surface area contributed by atoms with Crippen LogP contribution in [0.1, 0.15) is 0 Å². The molecule has 1 heterocycles. The number of halogens is 1. The van der Waals surface area contributed by atoms with E-state index in [0.29, 0.717) is 5.75 Å². The number of thiophene rings is 1. The van der Waals surface area contributed by atoms with Crippen LogP contribution in [0.4, 0.5) is 4.39 Å². The molecule has 0 saturated heterocycles. The van der Waals surface area contributed by atoms with Gasteiger partial charge in [-0.05, 0) is 35.7 Å². The molecule has 0 fully saturated rings. The number of carbonyl (C=O) groups excluding carboxylic acids is 1. The zero-order chi connectivity index (χ0) is 18.4. The van der Waals surface area contributed by atoms with Crippen LogP contribution in [-0.4, -0.2) is 57.3 Å². The number of amides is 1. The predicted octanol–water partition coefficient (Wildman–Crippen LogP) is 2.05. The highest BCUT2D eigenvalue weighted by Crippen LogP contribution is 2.19. The van der Waals surface area contributed by atoms with Gasteiger partial charge in [-0.3, -0.25) is 4.79 Å². The van der Waals surface area contributed by atoms with E-state index in [1.165, 1.54) is 42.3 Å². The normalized spacial score (nSPS) is 11.5. The molecule has 25 heavy (non-hydrogen) atoms. The molecule has 0 bridgehead atoms. The molecule has 2 aromatic rings. The Morgan fingerprint density at radius 3 is 2.48 bits per heavy atom. The molecule has 1 aromatic heterocycles. The first kappa shape index (κ1) is 19.4. The quantitative estimate of drug-likeness (QED) is 0.696. The zero-order valence-corrected chi connectivity index (χ0v) is 15.5. The highest BCUT2D eigenvalue weighted by atomic mass is 32.2. The lowest BCUT2D eigenvalue weighted by molar-refractivity contribution is -0.130. The molecule has 0 atom stereocenters. The topological polar surface area (TPSA) is 66.9 Å². The second kappa shape index (κ2) is 8.41. The number of likely N-dealkylation sites (N-methyl/N-ethyl adjacent to an activating group) is 2. The van der Waals surface area contributed by atoms with E-state index in [1.807, 2.05) is 0 Å². The molecule has 1 amide bonds. The number of carbonyl (C=O) groups is 1. The van der Waals surface area contributed by atoms with Crippen LogP contribution in [0.25, 0.3) is 0 Å². The van der Waals surface area contributed by atoms with Gasteiger partial charge in [-0.2, -0.15) is 4.31 Å². The minimum Gasteiger partial charge on any atom is -0.492 e. The van der Waals surface area contributed by atoms with E-state index >= 15 is 0 Å². The summed E-state index contributed by atoms with van der Waals surface area (Å²) < 4.78 is 44.0. The Morgan fingerprint density at radius 1 is 1.20 bits per heavy atom. The van der Waals surface area contributed by atoms with E-state index in [0.717, 1.165) is 15.6 Å². The lowest BCUT2D eigenvalue weighted by Crippen LogP contribution is -2.40. The molecule has 0 aliphatic rings. The summed E-state index contributed by atoms with van der Waals surface area (Å²) in [5.41, 5.74) is 0. The third-order valence-corrected chi connectivity index (χ3v) is 6.63. The Balaban J connectivity index is 1.82. The van der Waals surface area contributed by atoms with Gasteiger partial charge in [0.25, 0.3) is 10.0 Å². The van der Waals surface area contributed by atoms with E-state index in [4.69, 9.17) is 4.74 Å². The van der Waals surface area contributed by atoms with Crippen LogP contribution in [0, 0.1) is 5.82 Å². The van der Waals surface area contributed by atoms with Crippen LogP contribution in [0.2, 0.25) is 0 Å². The van der Waals surface area contributed by atoms with Gasteiger partial charge in [-0.25, -0.2) is 12.8 Å². The number of ether oxygens (including phenoxy) is 1. The molecule has 2 rings (SSSR count). The molecule has 0 N–H and O–H groups in total. The fraction of sp³-hybridized carbons (Fsp3) is 0.312. The van der Waals surface area contributed by atoms with Crippen molar-refractivity contribution in [3.05, 3.63) is 47.6 Å². The van der Waals surface area contributed by atoms with Crippen LogP contribution < -0.4 is 4.74 Å². The molecule has 136 valence electrons. The first-order valence-corrected chi connectivity index (χ1v) is 9.75. The van der Waals surface area contributed by atoms with E-state index in [9.17, 15) is 17.6 Å². The van der Waals surface area contributed by atoms with Crippen LogP contribution in [0.15, 0.2) is 46.0 Å². The fourth-order valence-corrected chi connectivity index (χ4v) is 4.24. The smallest absolute Gasteiger partial charge is 0.252 e. The lowest BCUT2D eigenvalue weighted by Gasteiger charge is -2.21. The molecular formula is C16H19FN2O4S2. The number of hydrogen-bond donors (Lipinski definition) is 0. The van der Waals surface area contributed by atoms with Crippen LogP contribution in [0.5, 0.6) is 5.75 Å². The van der Waals surface area contributed by atoms with Crippen molar-refractivity contribution in [1.29, 1.82) is 0 Å². The first-order chi connectivity index (χ1) is 11.8. The number of benzene rings is 1. The second-order valence-electron chi connectivity index (χ2n) is 5.31. The lowest BCUT2D eigenvalue weighted by atomic mass is 10.3. The van der Waals surface area contributed by atoms with Gasteiger partial charge in [-0.1, -0.05) is 6.07 Å². The van der Waals surface area contributed by atoms with Crippen molar-refractivity contribution in [2.45, 2.75) is 4.21 Å². The third kappa shape index (κ3) is 5.25. The average molecular weight is 386 g/mol. The van der Waals surface area contributed by atoms with Crippen LogP contribution in [-0.2, 0) is 14.8 Å². The monoisotopic (exact) mass is 386 g/mol. The fourth-order valence-electron chi connectivity index (χ4n) is 1.92. The first-order valence-electron chi connectivity index (χ1n) is 7.43. The van der Waals surface area contributed by atoms with E-state index < -0.39 is 10.0 Å². The molecule has 0 aliphatic heterocycles. The average Bonchev–Trinajstić information content (AvgIpc) is 3.11. The van der Waals surface area contributed by atoms with Gasteiger partial charge in [0.1, 0.15) is 22.4 Å². The molecule has 0 saturated carbocycles. The van der Waals surface area contributed by atoms with Crippen molar-refractivity contribution in [2.24, 2.45) is 0 Å². The van der Waals surface area contributed by atoms with Crippen LogP contribution >= 0.6 is 11.3 Å². The second-order valence-corrected chi connectivity index (χ2v) is 8.53. The molecule has 6 nitrogen and oxygen atoms in total. The van der Waals surface area contributed by atoms with Crippen molar-refractivity contribution in [3.8, 4) is 5.75 Å². The molecule has 9 heteroatoms. The highest BCUT2D eigenvalue weighted by molar-refractivity contribution is 7.91. The number of nitrogens with zero attached hydrogens (tertiary/aromatic N) is 2. The van der Waals surface area contributed by atoms with Gasteiger partial charge < -0.3 is 9.64 Å². The van der Waals surface area contributed by atoms with Crippen molar-refractivity contribution in [1.82, 2.24) is 9.21 Å². The summed E-state index contributed by atoms with van der Waals surface area (Å²) >= 11 is 1.10. The molecule has 0 radical (unpaired) electrons. The van der Waals surface area contributed by atoms with Gasteiger partial charge in [0.2, 0.25) is 5.91 Å². The Bertz CT molecular complexity index is 792. The van der Waals surface area contributed by atoms with Crippen molar-refractivity contribution < 1.29 is 22.3 Å². The third-order valence-electron chi connectivity index (χ3n) is 3.45. The Hall–Kier alpha value is -1.97. The van der Waals surface area contributed by atoms with E-state index in [-0.39, 0.29) is 35.6 Å². The molecule has 0 spiro atoms. The molecular weight excluding hydrogens is 367 g/mol. The van der Waals surface area contributed by atoms with Crippen molar-refractivity contribution >= 4 is 27.3 Å². The van der Waals surface area contributed by atoms with Gasteiger partial charge in [-0.15, -0.1) is 11.3 Å². The van der Waals surface area contributed by atoms with Gasteiger partial charge in [0.15, 0.2) is 0 Å². The predicted molar refractivity (Wildman–Crippen MR) is 93.7 cm³/mol. The van der Waals surface area contributed by atoms with Gasteiger partial charge >= 0.3 is 0 Å². The maximum absolute atomic E-state index is 12.8. The molecule has 0 aliphatic carbocycles. The maximum Gasteiger partial charge on any atom is 0.252 e. The van der Waals surface area contributed by atoms with Crippen molar-refractivity contribution in [3.63, 3.8) is 0 Å². The Labute approximate surface area is 150 Å². The minimum absolute atomic E-state index is 0.199. The van der Waals surface area contributed by atoms with Gasteiger partial charge in [0.05, 0.1) is 13.1 Å². The van der Waals surface area contributed by atoms with Crippen LogP contribution in [0.3, 0.4) is 0 Å². The van der Waals surface area contributed by atoms with Gasteiger partial charge in [0, 0.05) is 14.1 Å². The summed E-state index contributed by atoms with van der Waals surface area (Å²) in [6.07, 6.45) is 0. The van der Waals surface area contributed by atoms with E-state index in [1.54, 1.807) is 18.5 Å². The largest absolute Gasteiger partial charge is 0.492 e. The number of hydrogen-bond acceptors (Lipinski definition) is 5. The maximum atomic E-state index is 12.8. The highest BCUT2D eigenvalue weighted by Gasteiger charge is 2.24. The number of sulfonamides is 1. The summed E-state index contributed by atoms with van der Waals surface area (Å²) in [7, 11) is -0.712. The summed E-state index contributed by atoms with van der Waals surface area (Å²) in [4.78, 5) is 13.6. The summed E-state index contributed by atoms with van der Waals surface area (Å²) in [5, 5.41) is 1.67. The molecule has 0 unspecified atom stereocenters. The van der Waals surface area contributed by atoms with E-state index in [2.05, 4.69) is 0 Å². The number of rotatable bonds is 8. The standard InChI is InChI=1S/C16H19FN2O4S2/c1-18(9-10-23-14-7-5-13(17)6-8-14)15(20)12-19(2)25(21,22)16-4-3-11-24-16/h3-8,11H,9-10,12H2,1-2H3. The van der Waals surface area contributed by atoms with Crippen molar-refractivity contribution in [2.75, 3.05) is 33.8 Å². The summed E-state index contributed by atoms with van der Waals surface area (Å²) in [6.45, 7) is 0.242. The molecule has 1 aromatic carbocycles. The SMILES string of the molecule is CN(CCOc1ccc(F)cc1)C(=O)CN(C)S(=O)(=O)c1cccs1. The summed E-state index contributed by atoms with van der Waals surface area (Å²) in [5.74, 6) is -0.195. The Morgan fingerprint density at radius 2 is 1.88 bits per heavy atom. The Kier molecular flexibility index (Phi) is 6.51. The minimum atomic E-state index is -3.65. The zero-order valence-electron chi connectivity index (χ0n) is 13.9.